The van der Waals surface area contributed by atoms with Crippen molar-refractivity contribution in [2.24, 2.45) is 0 Å². The minimum atomic E-state index is -3.70. The Morgan fingerprint density at radius 1 is 0.846 bits per heavy atom. The summed E-state index contributed by atoms with van der Waals surface area (Å²) < 4.78 is 28.0. The van der Waals surface area contributed by atoms with Crippen molar-refractivity contribution in [1.29, 1.82) is 0 Å². The average Bonchev–Trinajstić information content (AvgIpc) is 2.67. The molecule has 0 unspecified atom stereocenters. The van der Waals surface area contributed by atoms with Gasteiger partial charge in [-0.25, -0.2) is 8.42 Å². The summed E-state index contributed by atoms with van der Waals surface area (Å²) in [5.41, 5.74) is 3.30. The first-order valence-corrected chi connectivity index (χ1v) is 9.80. The van der Waals surface area contributed by atoms with E-state index in [1.807, 2.05) is 67.6 Å². The van der Waals surface area contributed by atoms with Crippen molar-refractivity contribution in [2.45, 2.75) is 11.8 Å². The fraction of sp³-hybridized carbons (Fsp3) is 0.0909. The second-order valence-electron chi connectivity index (χ2n) is 6.13. The van der Waals surface area contributed by atoms with Crippen molar-refractivity contribution in [3.8, 4) is 0 Å². The van der Waals surface area contributed by atoms with Gasteiger partial charge in [0, 0.05) is 0 Å². The van der Waals surface area contributed by atoms with Crippen LogP contribution in [0.15, 0.2) is 96.4 Å². The van der Waals surface area contributed by atoms with Crippen LogP contribution < -0.4 is 4.31 Å². The third kappa shape index (κ3) is 3.86. The van der Waals surface area contributed by atoms with Crippen molar-refractivity contribution in [1.82, 2.24) is 0 Å². The Kier molecular flexibility index (Phi) is 5.24. The van der Waals surface area contributed by atoms with Gasteiger partial charge < -0.3 is 0 Å². The van der Waals surface area contributed by atoms with E-state index >= 15 is 0 Å². The van der Waals surface area contributed by atoms with E-state index in [-0.39, 0.29) is 11.4 Å². The molecule has 3 aromatic rings. The van der Waals surface area contributed by atoms with Crippen LogP contribution in [0.25, 0.3) is 5.57 Å². The standard InChI is InChI=1S/C22H21NO2S/c1-18-13-15-22(16-14-18)26(24,25)23(21-11-7-4-8-12-21)17-19(2)20-9-5-3-6-10-20/h3-16H,2,17H2,1H3. The van der Waals surface area contributed by atoms with Crippen LogP contribution in [0.1, 0.15) is 11.1 Å². The molecule has 0 saturated heterocycles. The molecule has 0 aliphatic rings. The summed E-state index contributed by atoms with van der Waals surface area (Å²) in [6, 6.07) is 25.7. The fourth-order valence-electron chi connectivity index (χ4n) is 2.69. The minimum Gasteiger partial charge on any atom is -0.262 e. The molecule has 3 nitrogen and oxygen atoms in total. The van der Waals surface area contributed by atoms with E-state index in [2.05, 4.69) is 6.58 Å². The number of para-hydroxylation sites is 1. The van der Waals surface area contributed by atoms with Crippen molar-refractivity contribution < 1.29 is 8.42 Å². The molecule has 0 aliphatic heterocycles. The molecule has 0 saturated carbocycles. The number of aryl methyl sites for hydroxylation is 1. The number of rotatable bonds is 6. The predicted molar refractivity (Wildman–Crippen MR) is 108 cm³/mol. The van der Waals surface area contributed by atoms with E-state index in [9.17, 15) is 8.42 Å². The fourth-order valence-corrected chi connectivity index (χ4v) is 4.14. The zero-order valence-electron chi connectivity index (χ0n) is 14.7. The lowest BCUT2D eigenvalue weighted by atomic mass is 10.1. The van der Waals surface area contributed by atoms with Gasteiger partial charge >= 0.3 is 0 Å². The quantitative estimate of drug-likeness (QED) is 0.624. The van der Waals surface area contributed by atoms with E-state index < -0.39 is 10.0 Å². The van der Waals surface area contributed by atoms with Gasteiger partial charge in [0.1, 0.15) is 0 Å². The van der Waals surface area contributed by atoms with E-state index in [1.165, 1.54) is 4.31 Å². The number of sulfonamides is 1. The molecule has 0 fully saturated rings. The zero-order valence-corrected chi connectivity index (χ0v) is 15.5. The zero-order chi connectivity index (χ0) is 18.6. The van der Waals surface area contributed by atoms with Gasteiger partial charge in [-0.3, -0.25) is 4.31 Å². The van der Waals surface area contributed by atoms with Crippen LogP contribution in [0, 0.1) is 6.92 Å². The molecular weight excluding hydrogens is 342 g/mol. The lowest BCUT2D eigenvalue weighted by molar-refractivity contribution is 0.593. The predicted octanol–water partition coefficient (Wildman–Crippen LogP) is 4.90. The Hall–Kier alpha value is -2.85. The smallest absolute Gasteiger partial charge is 0.262 e. The SMILES string of the molecule is C=C(CN(c1ccccc1)S(=O)(=O)c1ccc(C)cc1)c1ccccc1. The molecule has 0 spiro atoms. The van der Waals surface area contributed by atoms with Crippen molar-refractivity contribution >= 4 is 21.3 Å². The van der Waals surface area contributed by atoms with E-state index in [0.717, 1.165) is 16.7 Å². The molecule has 0 aromatic heterocycles. The van der Waals surface area contributed by atoms with Gasteiger partial charge in [-0.05, 0) is 42.3 Å². The summed E-state index contributed by atoms with van der Waals surface area (Å²) in [7, 11) is -3.70. The molecule has 132 valence electrons. The number of benzene rings is 3. The summed E-state index contributed by atoms with van der Waals surface area (Å²) >= 11 is 0. The molecule has 0 atom stereocenters. The summed E-state index contributed by atoms with van der Waals surface area (Å²) in [4.78, 5) is 0.271. The van der Waals surface area contributed by atoms with Crippen LogP contribution in [-0.2, 0) is 10.0 Å². The molecule has 0 N–H and O–H groups in total. The number of nitrogens with zero attached hydrogens (tertiary/aromatic N) is 1. The van der Waals surface area contributed by atoms with Gasteiger partial charge in [-0.15, -0.1) is 0 Å². The third-order valence-corrected chi connectivity index (χ3v) is 5.96. The molecule has 0 amide bonds. The van der Waals surface area contributed by atoms with Crippen LogP contribution in [0.4, 0.5) is 5.69 Å². The second-order valence-corrected chi connectivity index (χ2v) is 7.99. The van der Waals surface area contributed by atoms with Crippen molar-refractivity contribution in [3.63, 3.8) is 0 Å². The molecular formula is C22H21NO2S. The Bertz CT molecular complexity index is 979. The van der Waals surface area contributed by atoms with Crippen LogP contribution in [0.2, 0.25) is 0 Å². The van der Waals surface area contributed by atoms with Crippen LogP contribution in [-0.4, -0.2) is 15.0 Å². The highest BCUT2D eigenvalue weighted by Gasteiger charge is 2.25. The highest BCUT2D eigenvalue weighted by Crippen LogP contribution is 2.26. The number of hydrogen-bond acceptors (Lipinski definition) is 2. The highest BCUT2D eigenvalue weighted by molar-refractivity contribution is 7.92. The molecule has 0 bridgehead atoms. The Labute approximate surface area is 155 Å². The largest absolute Gasteiger partial charge is 0.264 e. The first-order chi connectivity index (χ1) is 12.5. The Morgan fingerprint density at radius 2 is 1.38 bits per heavy atom. The van der Waals surface area contributed by atoms with E-state index in [4.69, 9.17) is 0 Å². The lowest BCUT2D eigenvalue weighted by Gasteiger charge is -2.25. The third-order valence-electron chi connectivity index (χ3n) is 4.17. The second kappa shape index (κ2) is 7.58. The minimum absolute atomic E-state index is 0.185. The summed E-state index contributed by atoms with van der Waals surface area (Å²) in [5, 5.41) is 0. The van der Waals surface area contributed by atoms with Crippen molar-refractivity contribution in [3.05, 3.63) is 103 Å². The van der Waals surface area contributed by atoms with Gasteiger partial charge in [0.05, 0.1) is 17.1 Å². The first kappa shape index (κ1) is 18.0. The maximum Gasteiger partial charge on any atom is 0.264 e. The first-order valence-electron chi connectivity index (χ1n) is 8.36. The summed E-state index contributed by atoms with van der Waals surface area (Å²) in [6.07, 6.45) is 0. The molecule has 3 rings (SSSR count). The molecule has 26 heavy (non-hydrogen) atoms. The topological polar surface area (TPSA) is 37.4 Å². The lowest BCUT2D eigenvalue weighted by Crippen LogP contribution is -2.32. The normalized spacial score (nSPS) is 11.1. The van der Waals surface area contributed by atoms with Crippen LogP contribution in [0.5, 0.6) is 0 Å². The van der Waals surface area contributed by atoms with Gasteiger partial charge in [0.25, 0.3) is 10.0 Å². The molecule has 0 heterocycles. The number of anilines is 1. The Morgan fingerprint density at radius 3 is 1.96 bits per heavy atom. The summed E-state index contributed by atoms with van der Waals surface area (Å²) in [6.45, 7) is 6.22. The van der Waals surface area contributed by atoms with Crippen LogP contribution >= 0.6 is 0 Å². The van der Waals surface area contributed by atoms with Gasteiger partial charge in [-0.1, -0.05) is 72.8 Å². The van der Waals surface area contributed by atoms with E-state index in [1.54, 1.807) is 24.3 Å². The van der Waals surface area contributed by atoms with Gasteiger partial charge in [0.15, 0.2) is 0 Å². The molecule has 0 radical (unpaired) electrons. The number of hydrogen-bond donors (Lipinski definition) is 0. The highest BCUT2D eigenvalue weighted by atomic mass is 32.2. The Balaban J connectivity index is 2.01. The van der Waals surface area contributed by atoms with Crippen molar-refractivity contribution in [2.75, 3.05) is 10.8 Å². The molecule has 3 aromatic carbocycles. The molecule has 0 aliphatic carbocycles. The maximum atomic E-state index is 13.3. The van der Waals surface area contributed by atoms with E-state index in [0.29, 0.717) is 5.69 Å². The summed E-state index contributed by atoms with van der Waals surface area (Å²) in [5.74, 6) is 0. The van der Waals surface area contributed by atoms with Crippen LogP contribution in [0.3, 0.4) is 0 Å². The average molecular weight is 363 g/mol. The molecule has 4 heteroatoms. The monoisotopic (exact) mass is 363 g/mol. The van der Waals surface area contributed by atoms with Gasteiger partial charge in [-0.2, -0.15) is 0 Å². The van der Waals surface area contributed by atoms with Gasteiger partial charge in [0.2, 0.25) is 0 Å². The maximum absolute atomic E-state index is 13.3.